The number of hydrogen-bond acceptors (Lipinski definition) is 1. The summed E-state index contributed by atoms with van der Waals surface area (Å²) in [5.74, 6) is 0.588. The first-order chi connectivity index (χ1) is 6.70. The van der Waals surface area contributed by atoms with Crippen LogP contribution in [0.4, 0.5) is 0 Å². The van der Waals surface area contributed by atoms with Crippen LogP contribution < -0.4 is 0 Å². The van der Waals surface area contributed by atoms with Gasteiger partial charge in [-0.25, -0.2) is 0 Å². The summed E-state index contributed by atoms with van der Waals surface area (Å²) in [6.45, 7) is 6.50. The molecule has 0 saturated carbocycles. The molecule has 2 rings (SSSR count). The Morgan fingerprint density at radius 3 is 2.93 bits per heavy atom. The fourth-order valence-electron chi connectivity index (χ4n) is 1.62. The highest BCUT2D eigenvalue weighted by atomic mass is 14.8. The van der Waals surface area contributed by atoms with E-state index in [1.54, 1.807) is 0 Å². The van der Waals surface area contributed by atoms with Crippen LogP contribution in [0, 0.1) is 6.92 Å². The molecule has 1 N–H and O–H groups in total. The molecule has 14 heavy (non-hydrogen) atoms. The van der Waals surface area contributed by atoms with Crippen molar-refractivity contribution in [2.24, 2.45) is 0 Å². The normalized spacial score (nSPS) is 13.4. The van der Waals surface area contributed by atoms with Crippen molar-refractivity contribution in [2.45, 2.75) is 33.1 Å². The summed E-state index contributed by atoms with van der Waals surface area (Å²) in [6.07, 6.45) is 3.07. The Balaban J connectivity index is 2.51. The molecular weight excluding hydrogens is 172 g/mol. The molecule has 0 fully saturated rings. The van der Waals surface area contributed by atoms with Crippen LogP contribution >= 0.6 is 0 Å². The van der Waals surface area contributed by atoms with E-state index in [1.807, 2.05) is 6.20 Å². The lowest BCUT2D eigenvalue weighted by Gasteiger charge is -2.03. The molecule has 2 heteroatoms. The Kier molecular flexibility index (Phi) is 2.28. The Morgan fingerprint density at radius 1 is 1.43 bits per heavy atom. The zero-order chi connectivity index (χ0) is 10.1. The third kappa shape index (κ3) is 1.52. The Morgan fingerprint density at radius 2 is 2.21 bits per heavy atom. The topological polar surface area (TPSA) is 28.7 Å². The molecule has 0 spiro atoms. The van der Waals surface area contributed by atoms with E-state index in [0.29, 0.717) is 5.92 Å². The maximum Gasteiger partial charge on any atom is 0.0881 e. The first-order valence-electron chi connectivity index (χ1n) is 5.16. The van der Waals surface area contributed by atoms with E-state index in [-0.39, 0.29) is 0 Å². The Bertz CT molecular complexity index is 443. The second-order valence-corrected chi connectivity index (χ2v) is 3.98. The molecule has 1 atom stereocenters. The SMILES string of the molecule is CCC(C)c1cc2ncc(C)cc2[nH]1. The van der Waals surface area contributed by atoms with Crippen LogP contribution in [-0.2, 0) is 0 Å². The molecular formula is C12H16N2. The van der Waals surface area contributed by atoms with Crippen molar-refractivity contribution >= 4 is 11.0 Å². The molecule has 0 aromatic carbocycles. The van der Waals surface area contributed by atoms with Gasteiger partial charge in [0, 0.05) is 11.9 Å². The van der Waals surface area contributed by atoms with Gasteiger partial charge >= 0.3 is 0 Å². The minimum absolute atomic E-state index is 0.588. The van der Waals surface area contributed by atoms with Gasteiger partial charge in [-0.1, -0.05) is 13.8 Å². The van der Waals surface area contributed by atoms with Crippen molar-refractivity contribution in [3.05, 3.63) is 29.6 Å². The van der Waals surface area contributed by atoms with Crippen LogP contribution in [0.15, 0.2) is 18.3 Å². The minimum atomic E-state index is 0.588. The molecule has 74 valence electrons. The summed E-state index contributed by atoms with van der Waals surface area (Å²) in [5.41, 5.74) is 4.72. The molecule has 0 aliphatic carbocycles. The molecule has 0 bridgehead atoms. The molecule has 0 aliphatic heterocycles. The standard InChI is InChI=1S/C12H16N2/c1-4-9(3)10-6-11-12(14-10)5-8(2)7-13-11/h5-7,9,14H,4H2,1-3H3. The van der Waals surface area contributed by atoms with Crippen molar-refractivity contribution in [3.63, 3.8) is 0 Å². The molecule has 0 radical (unpaired) electrons. The number of pyridine rings is 1. The number of aromatic nitrogens is 2. The van der Waals surface area contributed by atoms with Crippen molar-refractivity contribution < 1.29 is 0 Å². The zero-order valence-corrected chi connectivity index (χ0v) is 8.96. The number of nitrogens with one attached hydrogen (secondary N) is 1. The smallest absolute Gasteiger partial charge is 0.0881 e. The third-order valence-corrected chi connectivity index (χ3v) is 2.77. The van der Waals surface area contributed by atoms with Crippen LogP contribution in [0.3, 0.4) is 0 Å². The predicted octanol–water partition coefficient (Wildman–Crippen LogP) is 3.38. The van der Waals surface area contributed by atoms with Crippen LogP contribution in [0.25, 0.3) is 11.0 Å². The van der Waals surface area contributed by atoms with Gasteiger partial charge in [0.15, 0.2) is 0 Å². The molecule has 2 nitrogen and oxygen atoms in total. The van der Waals surface area contributed by atoms with E-state index >= 15 is 0 Å². The first-order valence-corrected chi connectivity index (χ1v) is 5.16. The molecule has 0 aliphatic rings. The number of aromatic amines is 1. The summed E-state index contributed by atoms with van der Waals surface area (Å²) in [6, 6.07) is 4.30. The van der Waals surface area contributed by atoms with Gasteiger partial charge in [0.2, 0.25) is 0 Å². The summed E-state index contributed by atoms with van der Waals surface area (Å²) in [4.78, 5) is 7.81. The molecule has 2 aromatic heterocycles. The average molecular weight is 188 g/mol. The number of nitrogens with zero attached hydrogens (tertiary/aromatic N) is 1. The highest BCUT2D eigenvalue weighted by molar-refractivity contribution is 5.76. The maximum absolute atomic E-state index is 4.39. The Labute approximate surface area is 84.4 Å². The largest absolute Gasteiger partial charge is 0.357 e. The summed E-state index contributed by atoms with van der Waals surface area (Å²) in [5, 5.41) is 0. The molecule has 1 unspecified atom stereocenters. The minimum Gasteiger partial charge on any atom is -0.357 e. The lowest BCUT2D eigenvalue weighted by atomic mass is 10.1. The lowest BCUT2D eigenvalue weighted by molar-refractivity contribution is 0.715. The fraction of sp³-hybridized carbons (Fsp3) is 0.417. The summed E-state index contributed by atoms with van der Waals surface area (Å²) < 4.78 is 0. The quantitative estimate of drug-likeness (QED) is 0.769. The predicted molar refractivity (Wildman–Crippen MR) is 59.5 cm³/mol. The highest BCUT2D eigenvalue weighted by Crippen LogP contribution is 2.22. The van der Waals surface area contributed by atoms with Crippen molar-refractivity contribution in [1.82, 2.24) is 9.97 Å². The van der Waals surface area contributed by atoms with Gasteiger partial charge in [-0.15, -0.1) is 0 Å². The average Bonchev–Trinajstić information content (AvgIpc) is 2.59. The van der Waals surface area contributed by atoms with Crippen molar-refractivity contribution in [1.29, 1.82) is 0 Å². The van der Waals surface area contributed by atoms with Gasteiger partial charge < -0.3 is 4.98 Å². The highest BCUT2D eigenvalue weighted by Gasteiger charge is 2.07. The van der Waals surface area contributed by atoms with Crippen molar-refractivity contribution in [3.8, 4) is 0 Å². The van der Waals surface area contributed by atoms with Gasteiger partial charge in [-0.3, -0.25) is 4.98 Å². The van der Waals surface area contributed by atoms with E-state index < -0.39 is 0 Å². The van der Waals surface area contributed by atoms with Gasteiger partial charge in [0.05, 0.1) is 11.0 Å². The number of H-pyrrole nitrogens is 1. The van der Waals surface area contributed by atoms with E-state index in [1.165, 1.54) is 11.3 Å². The van der Waals surface area contributed by atoms with E-state index in [2.05, 4.69) is 42.9 Å². The van der Waals surface area contributed by atoms with Crippen LogP contribution in [0.2, 0.25) is 0 Å². The molecule has 2 heterocycles. The third-order valence-electron chi connectivity index (χ3n) is 2.77. The Hall–Kier alpha value is -1.31. The van der Waals surface area contributed by atoms with Gasteiger partial charge in [0.25, 0.3) is 0 Å². The number of fused-ring (bicyclic) bond motifs is 1. The lowest BCUT2D eigenvalue weighted by Crippen LogP contribution is -1.89. The monoisotopic (exact) mass is 188 g/mol. The molecule has 0 saturated heterocycles. The second kappa shape index (κ2) is 3.45. The fourth-order valence-corrected chi connectivity index (χ4v) is 1.62. The second-order valence-electron chi connectivity index (χ2n) is 3.98. The summed E-state index contributed by atoms with van der Waals surface area (Å²) in [7, 11) is 0. The van der Waals surface area contributed by atoms with Crippen LogP contribution in [0.1, 0.15) is 37.4 Å². The molecule has 0 amide bonds. The summed E-state index contributed by atoms with van der Waals surface area (Å²) >= 11 is 0. The van der Waals surface area contributed by atoms with E-state index in [9.17, 15) is 0 Å². The van der Waals surface area contributed by atoms with Crippen LogP contribution in [0.5, 0.6) is 0 Å². The molecule has 2 aromatic rings. The van der Waals surface area contributed by atoms with E-state index in [4.69, 9.17) is 0 Å². The van der Waals surface area contributed by atoms with Gasteiger partial charge in [0.1, 0.15) is 0 Å². The van der Waals surface area contributed by atoms with E-state index in [0.717, 1.165) is 17.5 Å². The number of aryl methyl sites for hydroxylation is 1. The van der Waals surface area contributed by atoms with Crippen molar-refractivity contribution in [2.75, 3.05) is 0 Å². The van der Waals surface area contributed by atoms with Gasteiger partial charge in [-0.2, -0.15) is 0 Å². The maximum atomic E-state index is 4.39. The van der Waals surface area contributed by atoms with Gasteiger partial charge in [-0.05, 0) is 37.0 Å². The number of hydrogen-bond donors (Lipinski definition) is 1. The first kappa shape index (κ1) is 9.25. The number of rotatable bonds is 2. The zero-order valence-electron chi connectivity index (χ0n) is 8.96. The van der Waals surface area contributed by atoms with Crippen LogP contribution in [-0.4, -0.2) is 9.97 Å².